The Morgan fingerprint density at radius 1 is 1.26 bits per heavy atom. The average molecular weight is 446 g/mol. The number of amides is 2. The molecule has 1 aliphatic heterocycles. The minimum absolute atomic E-state index is 0.0141. The summed E-state index contributed by atoms with van der Waals surface area (Å²) in [6, 6.07) is 9.73. The second-order valence-electron chi connectivity index (χ2n) is 8.00. The molecular weight excluding hydrogens is 418 g/mol. The van der Waals surface area contributed by atoms with Crippen molar-refractivity contribution in [1.82, 2.24) is 31.2 Å². The number of nitrogens with zero attached hydrogens (tertiary/aromatic N) is 3. The molecule has 0 atom stereocenters. The summed E-state index contributed by atoms with van der Waals surface area (Å²) in [5.41, 5.74) is 3.01. The lowest BCUT2D eigenvalue weighted by Gasteiger charge is -2.39. The van der Waals surface area contributed by atoms with Gasteiger partial charge in [-0.1, -0.05) is 41.7 Å². The Labute approximate surface area is 184 Å². The molecule has 1 aromatic carbocycles. The zero-order valence-corrected chi connectivity index (χ0v) is 18.5. The molecule has 5 N–H and O–H groups in total. The van der Waals surface area contributed by atoms with Crippen molar-refractivity contribution in [3.8, 4) is 10.6 Å². The van der Waals surface area contributed by atoms with Gasteiger partial charge in [0, 0.05) is 24.9 Å². The van der Waals surface area contributed by atoms with Crippen molar-refractivity contribution in [3.63, 3.8) is 0 Å². The first kappa shape index (κ1) is 22.5. The largest absolute Gasteiger partial charge is 0.444 e. The first-order chi connectivity index (χ1) is 14.7. The molecule has 0 bridgehead atoms. The Hall–Kier alpha value is -3.18. The van der Waals surface area contributed by atoms with Crippen LogP contribution >= 0.6 is 11.3 Å². The van der Waals surface area contributed by atoms with Crippen LogP contribution in [0.15, 0.2) is 42.2 Å². The molecule has 2 aromatic rings. The zero-order chi connectivity index (χ0) is 22.4. The van der Waals surface area contributed by atoms with E-state index < -0.39 is 5.60 Å². The van der Waals surface area contributed by atoms with E-state index in [0.717, 1.165) is 10.6 Å². The molecule has 2 amide bonds. The van der Waals surface area contributed by atoms with E-state index in [9.17, 15) is 9.59 Å². The number of hydrogen-bond acceptors (Lipinski definition) is 9. The molecule has 1 aliphatic rings. The van der Waals surface area contributed by atoms with Crippen LogP contribution in [0.4, 0.5) is 4.79 Å². The maximum Gasteiger partial charge on any atom is 0.410 e. The van der Waals surface area contributed by atoms with Crippen LogP contribution < -0.4 is 21.9 Å². The summed E-state index contributed by atoms with van der Waals surface area (Å²) in [6.45, 7) is 6.68. The highest BCUT2D eigenvalue weighted by atomic mass is 32.1. The molecule has 0 saturated carbocycles. The van der Waals surface area contributed by atoms with Gasteiger partial charge in [-0.25, -0.2) is 4.79 Å². The predicted molar refractivity (Wildman–Crippen MR) is 117 cm³/mol. The summed E-state index contributed by atoms with van der Waals surface area (Å²) in [5, 5.41) is 15.6. The summed E-state index contributed by atoms with van der Waals surface area (Å²) >= 11 is 1.41. The number of carbonyl (C=O) groups is 2. The van der Waals surface area contributed by atoms with Crippen molar-refractivity contribution in [3.05, 3.63) is 47.2 Å². The first-order valence-corrected chi connectivity index (χ1v) is 10.6. The molecule has 3 rings (SSSR count). The Balaban J connectivity index is 1.45. The third kappa shape index (κ3) is 6.40. The second kappa shape index (κ2) is 9.75. The van der Waals surface area contributed by atoms with Gasteiger partial charge in [0.25, 0.3) is 5.91 Å². The fraction of sp³-hybridized carbons (Fsp3) is 0.400. The van der Waals surface area contributed by atoms with Crippen molar-refractivity contribution < 1.29 is 14.3 Å². The average Bonchev–Trinajstić information content (AvgIpc) is 3.16. The van der Waals surface area contributed by atoms with E-state index in [-0.39, 0.29) is 30.3 Å². The molecule has 11 heteroatoms. The van der Waals surface area contributed by atoms with E-state index in [1.165, 1.54) is 17.5 Å². The van der Waals surface area contributed by atoms with Gasteiger partial charge in [-0.05, 0) is 20.8 Å². The van der Waals surface area contributed by atoms with Crippen molar-refractivity contribution >= 4 is 23.3 Å². The van der Waals surface area contributed by atoms with E-state index >= 15 is 0 Å². The normalized spacial score (nSPS) is 14.6. The zero-order valence-electron chi connectivity index (χ0n) is 17.7. The van der Waals surface area contributed by atoms with Gasteiger partial charge in [-0.2, -0.15) is 0 Å². The minimum atomic E-state index is -0.529. The van der Waals surface area contributed by atoms with Crippen LogP contribution in [0, 0.1) is 0 Å². The highest BCUT2D eigenvalue weighted by molar-refractivity contribution is 7.14. The van der Waals surface area contributed by atoms with Crippen LogP contribution in [-0.4, -0.2) is 51.8 Å². The van der Waals surface area contributed by atoms with E-state index in [2.05, 4.69) is 26.3 Å². The Kier molecular flexibility index (Phi) is 7.08. The summed E-state index contributed by atoms with van der Waals surface area (Å²) < 4.78 is 5.32. The monoisotopic (exact) mass is 445 g/mol. The molecule has 0 unspecified atom stereocenters. The summed E-state index contributed by atoms with van der Waals surface area (Å²) in [5.74, 6) is 5.10. The number of hydrazine groups is 1. The molecule has 1 aromatic heterocycles. The van der Waals surface area contributed by atoms with Gasteiger partial charge >= 0.3 is 6.09 Å². The van der Waals surface area contributed by atoms with Gasteiger partial charge in [0.2, 0.25) is 0 Å². The van der Waals surface area contributed by atoms with Crippen LogP contribution in [0.5, 0.6) is 0 Å². The van der Waals surface area contributed by atoms with Crippen molar-refractivity contribution in [2.24, 2.45) is 5.84 Å². The lowest BCUT2D eigenvalue weighted by Crippen LogP contribution is -2.59. The SMILES string of the molecule is CC(C)(C)OC(=O)N1CC(N/C=C(\NN)C(=O)NCc2nnc(-c3ccccc3)s2)C1. The number of hydrogen-bond donors (Lipinski definition) is 4. The van der Waals surface area contributed by atoms with Crippen molar-refractivity contribution in [2.75, 3.05) is 13.1 Å². The van der Waals surface area contributed by atoms with E-state index in [1.54, 1.807) is 4.90 Å². The van der Waals surface area contributed by atoms with Gasteiger partial charge in [0.15, 0.2) is 0 Å². The van der Waals surface area contributed by atoms with Gasteiger partial charge in [-0.15, -0.1) is 10.2 Å². The lowest BCUT2D eigenvalue weighted by molar-refractivity contribution is -0.118. The van der Waals surface area contributed by atoms with Gasteiger partial charge in [0.05, 0.1) is 12.6 Å². The highest BCUT2D eigenvalue weighted by Gasteiger charge is 2.33. The molecule has 31 heavy (non-hydrogen) atoms. The molecule has 2 heterocycles. The predicted octanol–water partition coefficient (Wildman–Crippen LogP) is 1.33. The van der Waals surface area contributed by atoms with Gasteiger partial charge in [0.1, 0.15) is 21.3 Å². The fourth-order valence-electron chi connectivity index (χ4n) is 2.71. The van der Waals surface area contributed by atoms with Crippen molar-refractivity contribution in [2.45, 2.75) is 39.0 Å². The Bertz CT molecular complexity index is 934. The number of likely N-dealkylation sites (tertiary alicyclic amines) is 1. The number of rotatable bonds is 7. The fourth-order valence-corrected chi connectivity index (χ4v) is 3.49. The second-order valence-corrected chi connectivity index (χ2v) is 9.06. The maximum absolute atomic E-state index is 12.4. The van der Waals surface area contributed by atoms with Crippen LogP contribution in [-0.2, 0) is 16.1 Å². The van der Waals surface area contributed by atoms with E-state index in [0.29, 0.717) is 18.1 Å². The summed E-state index contributed by atoms with van der Waals surface area (Å²) in [4.78, 5) is 25.9. The minimum Gasteiger partial charge on any atom is -0.444 e. The topological polar surface area (TPSA) is 134 Å². The molecule has 1 saturated heterocycles. The molecule has 0 aliphatic carbocycles. The summed E-state index contributed by atoms with van der Waals surface area (Å²) in [6.07, 6.45) is 1.15. The first-order valence-electron chi connectivity index (χ1n) is 9.82. The van der Waals surface area contributed by atoms with E-state index in [1.807, 2.05) is 51.1 Å². The van der Waals surface area contributed by atoms with Crippen LogP contribution in [0.2, 0.25) is 0 Å². The molecule has 0 radical (unpaired) electrons. The van der Waals surface area contributed by atoms with Crippen LogP contribution in [0.3, 0.4) is 0 Å². The standard InChI is InChI=1S/C20H27N7O3S/c1-20(2,3)30-19(29)27-11-14(12-27)22-9-15(24-21)17(28)23-10-16-25-26-18(31-16)13-7-5-4-6-8-13/h4-9,14,22,24H,10-12,21H2,1-3H3,(H,23,28)/b15-9-. The summed E-state index contributed by atoms with van der Waals surface area (Å²) in [7, 11) is 0. The lowest BCUT2D eigenvalue weighted by atomic mass is 10.1. The number of nitrogens with one attached hydrogen (secondary N) is 3. The highest BCUT2D eigenvalue weighted by Crippen LogP contribution is 2.22. The molecular formula is C20H27N7O3S. The number of benzene rings is 1. The number of carbonyl (C=O) groups excluding carboxylic acids is 2. The third-order valence-corrected chi connectivity index (χ3v) is 5.26. The van der Waals surface area contributed by atoms with Crippen LogP contribution in [0.25, 0.3) is 10.6 Å². The number of aromatic nitrogens is 2. The maximum atomic E-state index is 12.4. The molecule has 10 nitrogen and oxygen atoms in total. The van der Waals surface area contributed by atoms with Crippen LogP contribution in [0.1, 0.15) is 25.8 Å². The number of ether oxygens (including phenoxy) is 1. The quantitative estimate of drug-likeness (QED) is 0.285. The molecule has 166 valence electrons. The van der Waals surface area contributed by atoms with Crippen molar-refractivity contribution in [1.29, 1.82) is 0 Å². The van der Waals surface area contributed by atoms with Gasteiger partial charge in [-0.3, -0.25) is 10.6 Å². The van der Waals surface area contributed by atoms with E-state index in [4.69, 9.17) is 10.6 Å². The molecule has 1 fully saturated rings. The Morgan fingerprint density at radius 3 is 2.61 bits per heavy atom. The third-order valence-electron chi connectivity index (χ3n) is 4.28. The Morgan fingerprint density at radius 2 is 1.97 bits per heavy atom. The van der Waals surface area contributed by atoms with Gasteiger partial charge < -0.3 is 25.7 Å². The smallest absolute Gasteiger partial charge is 0.410 e. The number of nitrogens with two attached hydrogens (primary N) is 1. The molecule has 0 spiro atoms.